The molecule has 2 N–H and O–H groups in total. The minimum atomic E-state index is -0.199. The van der Waals surface area contributed by atoms with Crippen molar-refractivity contribution in [3.8, 4) is 0 Å². The summed E-state index contributed by atoms with van der Waals surface area (Å²) in [6.45, 7) is 6.18. The van der Waals surface area contributed by atoms with Crippen LogP contribution in [0.25, 0.3) is 22.1 Å². The monoisotopic (exact) mass is 716 g/mol. The number of imidazole rings is 2. The van der Waals surface area contributed by atoms with Crippen LogP contribution in [0, 0.1) is 5.92 Å². The number of aromatic amines is 2. The third kappa shape index (κ3) is 6.42. The van der Waals surface area contributed by atoms with Gasteiger partial charge in [0, 0.05) is 12.1 Å². The first kappa shape index (κ1) is 34.3. The molecule has 4 heterocycles. The van der Waals surface area contributed by atoms with Gasteiger partial charge in [-0.15, -0.1) is 0 Å². The lowest BCUT2D eigenvalue weighted by atomic mass is 9.99. The van der Waals surface area contributed by atoms with Gasteiger partial charge in [-0.05, 0) is 112 Å². The fourth-order valence-electron chi connectivity index (χ4n) is 9.02. The van der Waals surface area contributed by atoms with E-state index in [4.69, 9.17) is 9.97 Å². The summed E-state index contributed by atoms with van der Waals surface area (Å²) in [4.78, 5) is 48.8. The van der Waals surface area contributed by atoms with Crippen molar-refractivity contribution in [1.29, 1.82) is 0 Å². The number of hydrogen-bond acceptors (Lipinski definition) is 4. The van der Waals surface area contributed by atoms with Crippen LogP contribution in [0.15, 0.2) is 109 Å². The third-order valence-electron chi connectivity index (χ3n) is 12.3. The number of carbonyl (C=O) groups excluding carboxylic acids is 2. The maximum atomic E-state index is 13.8. The summed E-state index contributed by atoms with van der Waals surface area (Å²) in [6.07, 6.45) is 10.0. The summed E-state index contributed by atoms with van der Waals surface area (Å²) in [6, 6.07) is 33.5. The van der Waals surface area contributed by atoms with E-state index in [1.807, 2.05) is 74.5 Å². The molecule has 2 aromatic heterocycles. The molecule has 0 spiro atoms. The number of fused-ring (bicyclic) bond motifs is 3. The zero-order chi connectivity index (χ0) is 36.9. The molecular weight excluding hydrogens is 669 g/mol. The second-order valence-corrected chi connectivity index (χ2v) is 15.8. The van der Waals surface area contributed by atoms with E-state index in [1.54, 1.807) is 0 Å². The van der Waals surface area contributed by atoms with Crippen molar-refractivity contribution in [2.45, 2.75) is 95.3 Å². The molecule has 7 unspecified atom stereocenters. The van der Waals surface area contributed by atoms with E-state index in [0.717, 1.165) is 83.4 Å². The van der Waals surface area contributed by atoms with Crippen molar-refractivity contribution in [3.05, 3.63) is 143 Å². The lowest BCUT2D eigenvalue weighted by Gasteiger charge is -2.30. The van der Waals surface area contributed by atoms with Gasteiger partial charge in [-0.3, -0.25) is 9.59 Å². The molecule has 0 radical (unpaired) electrons. The Bertz CT molecular complexity index is 2200. The molecule has 8 heteroatoms. The number of nitrogens with zero attached hydrogens (tertiary/aromatic N) is 4. The minimum absolute atomic E-state index is 0.00191. The minimum Gasteiger partial charge on any atom is -0.340 e. The van der Waals surface area contributed by atoms with Crippen LogP contribution in [0.2, 0.25) is 0 Å². The molecule has 2 saturated heterocycles. The topological polar surface area (TPSA) is 98.0 Å². The van der Waals surface area contributed by atoms with E-state index in [9.17, 15) is 9.59 Å². The van der Waals surface area contributed by atoms with Gasteiger partial charge in [-0.2, -0.15) is 0 Å². The average Bonchev–Trinajstić information content (AvgIpc) is 3.58. The highest BCUT2D eigenvalue weighted by Gasteiger charge is 2.55. The smallest absolute Gasteiger partial charge is 0.230 e. The maximum absolute atomic E-state index is 13.8. The van der Waals surface area contributed by atoms with Gasteiger partial charge >= 0.3 is 0 Å². The Balaban J connectivity index is 0.846. The first-order valence-electron chi connectivity index (χ1n) is 19.7. The predicted octanol–water partition coefficient (Wildman–Crippen LogP) is 9.10. The Morgan fingerprint density at radius 1 is 0.685 bits per heavy atom. The highest BCUT2D eigenvalue weighted by molar-refractivity contribution is 5.86. The van der Waals surface area contributed by atoms with E-state index in [0.29, 0.717) is 12.0 Å². The number of amides is 2. The van der Waals surface area contributed by atoms with Crippen LogP contribution in [0.5, 0.6) is 0 Å². The lowest BCUT2D eigenvalue weighted by molar-refractivity contribution is -0.135. The summed E-state index contributed by atoms with van der Waals surface area (Å²) in [5, 5.41) is 0. The third-order valence-corrected chi connectivity index (χ3v) is 12.3. The molecule has 274 valence electrons. The number of carbonyl (C=O) groups is 2. The fourth-order valence-corrected chi connectivity index (χ4v) is 9.02. The Morgan fingerprint density at radius 3 is 1.76 bits per heavy atom. The Kier molecular flexibility index (Phi) is 8.92. The van der Waals surface area contributed by atoms with Crippen molar-refractivity contribution < 1.29 is 9.59 Å². The average molecular weight is 717 g/mol. The van der Waals surface area contributed by atoms with Crippen LogP contribution >= 0.6 is 0 Å². The molecule has 1 saturated carbocycles. The molecule has 1 aliphatic carbocycles. The molecule has 4 aromatic carbocycles. The van der Waals surface area contributed by atoms with Gasteiger partial charge in [0.1, 0.15) is 11.6 Å². The molecule has 9 rings (SSSR count). The summed E-state index contributed by atoms with van der Waals surface area (Å²) in [7, 11) is 0. The number of hydrogen-bond donors (Lipinski definition) is 2. The quantitative estimate of drug-likeness (QED) is 0.138. The number of H-pyrrole nitrogens is 2. The first-order valence-corrected chi connectivity index (χ1v) is 19.7. The summed E-state index contributed by atoms with van der Waals surface area (Å²) in [5.41, 5.74) is 8.44. The Labute approximate surface area is 316 Å². The Morgan fingerprint density at radius 2 is 1.20 bits per heavy atom. The van der Waals surface area contributed by atoms with Gasteiger partial charge in [0.2, 0.25) is 11.8 Å². The molecule has 2 aliphatic heterocycles. The molecule has 6 aromatic rings. The van der Waals surface area contributed by atoms with Crippen molar-refractivity contribution >= 4 is 33.9 Å². The van der Waals surface area contributed by atoms with Gasteiger partial charge < -0.3 is 19.8 Å². The highest BCUT2D eigenvalue weighted by atomic mass is 16.2. The first-order chi connectivity index (χ1) is 26.3. The van der Waals surface area contributed by atoms with Crippen LogP contribution in [0.1, 0.15) is 104 Å². The van der Waals surface area contributed by atoms with Crippen LogP contribution in [-0.2, 0) is 22.4 Å². The van der Waals surface area contributed by atoms with Gasteiger partial charge in [-0.25, -0.2) is 9.97 Å². The molecular formula is C46H48N6O2. The lowest BCUT2D eigenvalue weighted by Crippen LogP contribution is -2.38. The van der Waals surface area contributed by atoms with Gasteiger partial charge in [0.15, 0.2) is 0 Å². The zero-order valence-corrected chi connectivity index (χ0v) is 31.3. The summed E-state index contributed by atoms with van der Waals surface area (Å²) >= 11 is 0. The number of nitrogens with one attached hydrogen (secondary N) is 2. The number of benzene rings is 4. The van der Waals surface area contributed by atoms with Gasteiger partial charge in [0.05, 0.1) is 46.0 Å². The van der Waals surface area contributed by atoms with E-state index in [-0.39, 0.29) is 41.8 Å². The highest BCUT2D eigenvalue weighted by Crippen LogP contribution is 2.54. The largest absolute Gasteiger partial charge is 0.340 e. The van der Waals surface area contributed by atoms with Crippen LogP contribution in [0.4, 0.5) is 0 Å². The van der Waals surface area contributed by atoms with E-state index < -0.39 is 0 Å². The van der Waals surface area contributed by atoms with Crippen molar-refractivity contribution in [1.82, 2.24) is 29.7 Å². The standard InChI is InChI=1S/C46H48N6O2/c1-28-18-23-40(51(28)45(53)29(2)33-14-6-4-7-15-33)43-47-36-21-19-31(24-38(36)49-43)12-10-11-13-32-20-22-37-39(25-32)50-44(48-37)42-27-35-26-41(35)52(42)46(54)30(3)34-16-8-5-9-17-34/h4-11,14-17,19-22,24-25,28-30,35,40-42H,12-13,18,23,26-27H2,1-3H3,(H,47,49)(H,48,50)/b11-10+. The fraction of sp³-hybridized carbons (Fsp3) is 0.348. The van der Waals surface area contributed by atoms with Gasteiger partial charge in [0.25, 0.3) is 0 Å². The Hall–Kier alpha value is -5.50. The van der Waals surface area contributed by atoms with E-state index in [1.165, 1.54) is 11.1 Å². The van der Waals surface area contributed by atoms with Crippen molar-refractivity contribution in [3.63, 3.8) is 0 Å². The van der Waals surface area contributed by atoms with Crippen LogP contribution in [0.3, 0.4) is 0 Å². The van der Waals surface area contributed by atoms with E-state index >= 15 is 0 Å². The molecule has 7 atom stereocenters. The number of allylic oxidation sites excluding steroid dienone is 2. The van der Waals surface area contributed by atoms with Crippen LogP contribution in [-0.4, -0.2) is 53.6 Å². The molecule has 3 aliphatic rings. The number of aromatic nitrogens is 4. The number of likely N-dealkylation sites (tertiary alicyclic amines) is 2. The molecule has 54 heavy (non-hydrogen) atoms. The predicted molar refractivity (Wildman–Crippen MR) is 213 cm³/mol. The summed E-state index contributed by atoms with van der Waals surface area (Å²) < 4.78 is 0. The second kappa shape index (κ2) is 14.0. The second-order valence-electron chi connectivity index (χ2n) is 15.8. The summed E-state index contributed by atoms with van der Waals surface area (Å²) in [5.74, 6) is 2.34. The normalized spacial score (nSPS) is 23.4. The molecule has 2 amide bonds. The zero-order valence-electron chi connectivity index (χ0n) is 31.3. The number of piperidine rings is 1. The van der Waals surface area contributed by atoms with Crippen LogP contribution < -0.4 is 0 Å². The van der Waals surface area contributed by atoms with E-state index in [2.05, 4.69) is 75.2 Å². The van der Waals surface area contributed by atoms with Gasteiger partial charge in [-0.1, -0.05) is 84.9 Å². The van der Waals surface area contributed by atoms with Crippen molar-refractivity contribution in [2.75, 3.05) is 0 Å². The molecule has 3 fully saturated rings. The SMILES string of the molecule is CC(C(=O)N1C(C)CCC1c1nc2ccc(C/C=C/Cc3ccc4nc(C5CC6CC6N5C(=O)C(C)c5ccccc5)[nH]c4c3)cc2[nH]1)c1ccccc1. The van der Waals surface area contributed by atoms with Crippen molar-refractivity contribution in [2.24, 2.45) is 5.92 Å². The molecule has 0 bridgehead atoms. The maximum Gasteiger partial charge on any atom is 0.230 e. The number of rotatable bonds is 10. The molecule has 8 nitrogen and oxygen atoms in total.